The lowest BCUT2D eigenvalue weighted by Gasteiger charge is -2.14. The highest BCUT2D eigenvalue weighted by atomic mass is 16.5. The maximum absolute atomic E-state index is 5.69. The van der Waals surface area contributed by atoms with Crippen LogP contribution in [0.15, 0.2) is 30.5 Å². The molecule has 0 saturated heterocycles. The Labute approximate surface area is 116 Å². The van der Waals surface area contributed by atoms with Gasteiger partial charge in [0.15, 0.2) is 0 Å². The number of benzene rings is 1. The molecule has 0 aliphatic heterocycles. The summed E-state index contributed by atoms with van der Waals surface area (Å²) in [5.41, 5.74) is 1.32. The van der Waals surface area contributed by atoms with Gasteiger partial charge in [-0.05, 0) is 36.6 Å². The minimum Gasteiger partial charge on any atom is -0.494 e. The molecule has 2 rings (SSSR count). The third-order valence-electron chi connectivity index (χ3n) is 3.82. The van der Waals surface area contributed by atoms with Gasteiger partial charge in [-0.3, -0.25) is 0 Å². The molecule has 1 aromatic heterocycles. The first-order chi connectivity index (χ1) is 9.28. The van der Waals surface area contributed by atoms with Gasteiger partial charge in [-0.25, -0.2) is 0 Å². The summed E-state index contributed by atoms with van der Waals surface area (Å²) in [7, 11) is 0. The second-order valence-electron chi connectivity index (χ2n) is 5.22. The van der Waals surface area contributed by atoms with Crippen molar-refractivity contribution in [2.24, 2.45) is 5.92 Å². The van der Waals surface area contributed by atoms with Crippen LogP contribution in [0.1, 0.15) is 40.0 Å². The van der Waals surface area contributed by atoms with Crippen LogP contribution in [-0.2, 0) is 6.54 Å². The summed E-state index contributed by atoms with van der Waals surface area (Å²) >= 11 is 0. The maximum Gasteiger partial charge on any atom is 0.120 e. The standard InChI is InChI=1S/C17H25NO/c1-4-11-19-16-7-8-17-15(12-16)9-10-18(17)13-14(5-2)6-3/h7-10,12,14H,4-6,11,13H2,1-3H3. The van der Waals surface area contributed by atoms with Gasteiger partial charge in [0, 0.05) is 23.6 Å². The van der Waals surface area contributed by atoms with Gasteiger partial charge in [-0.1, -0.05) is 33.6 Å². The van der Waals surface area contributed by atoms with Crippen LogP contribution in [0.3, 0.4) is 0 Å². The Bertz CT molecular complexity index is 511. The average Bonchev–Trinajstić information content (AvgIpc) is 2.84. The lowest BCUT2D eigenvalue weighted by atomic mass is 10.0. The number of rotatable bonds is 7. The van der Waals surface area contributed by atoms with Gasteiger partial charge in [0.1, 0.15) is 5.75 Å². The van der Waals surface area contributed by atoms with E-state index < -0.39 is 0 Å². The summed E-state index contributed by atoms with van der Waals surface area (Å²) in [5, 5.41) is 1.28. The molecule has 0 amide bonds. The van der Waals surface area contributed by atoms with Crippen LogP contribution in [0.4, 0.5) is 0 Å². The molecule has 0 unspecified atom stereocenters. The zero-order valence-electron chi connectivity index (χ0n) is 12.4. The lowest BCUT2D eigenvalue weighted by Crippen LogP contribution is -2.07. The molecular formula is C17H25NO. The van der Waals surface area contributed by atoms with Gasteiger partial charge in [0.05, 0.1) is 6.61 Å². The predicted octanol–water partition coefficient (Wildman–Crippen LogP) is 4.87. The molecule has 104 valence electrons. The van der Waals surface area contributed by atoms with Crippen molar-refractivity contribution in [2.75, 3.05) is 6.61 Å². The number of fused-ring (bicyclic) bond motifs is 1. The van der Waals surface area contributed by atoms with Gasteiger partial charge < -0.3 is 9.30 Å². The first kappa shape index (κ1) is 14.0. The molecule has 0 aliphatic rings. The van der Waals surface area contributed by atoms with Crippen molar-refractivity contribution < 1.29 is 4.74 Å². The Balaban J connectivity index is 2.19. The SMILES string of the molecule is CCCOc1ccc2c(ccn2CC(CC)CC)c1. The summed E-state index contributed by atoms with van der Waals surface area (Å²) in [4.78, 5) is 0. The van der Waals surface area contributed by atoms with Gasteiger partial charge in [0.2, 0.25) is 0 Å². The van der Waals surface area contributed by atoms with Gasteiger partial charge in [0.25, 0.3) is 0 Å². The smallest absolute Gasteiger partial charge is 0.120 e. The molecule has 0 saturated carbocycles. The molecule has 2 nitrogen and oxygen atoms in total. The van der Waals surface area contributed by atoms with Crippen molar-refractivity contribution in [3.8, 4) is 5.75 Å². The average molecular weight is 259 g/mol. The number of hydrogen-bond acceptors (Lipinski definition) is 1. The van der Waals surface area contributed by atoms with Crippen LogP contribution in [0.2, 0.25) is 0 Å². The number of ether oxygens (including phenoxy) is 1. The Hall–Kier alpha value is -1.44. The normalized spacial score (nSPS) is 11.4. The molecule has 1 heterocycles. The highest BCUT2D eigenvalue weighted by molar-refractivity contribution is 5.81. The van der Waals surface area contributed by atoms with Crippen LogP contribution < -0.4 is 4.74 Å². The van der Waals surface area contributed by atoms with E-state index >= 15 is 0 Å². The molecule has 0 bridgehead atoms. The van der Waals surface area contributed by atoms with E-state index in [0.29, 0.717) is 0 Å². The van der Waals surface area contributed by atoms with Crippen molar-refractivity contribution in [3.05, 3.63) is 30.5 Å². The second kappa shape index (κ2) is 6.65. The second-order valence-corrected chi connectivity index (χ2v) is 5.22. The monoisotopic (exact) mass is 259 g/mol. The number of aromatic nitrogens is 1. The maximum atomic E-state index is 5.69. The molecular weight excluding hydrogens is 234 g/mol. The quantitative estimate of drug-likeness (QED) is 0.692. The van der Waals surface area contributed by atoms with Crippen LogP contribution in [-0.4, -0.2) is 11.2 Å². The van der Waals surface area contributed by atoms with Crippen molar-refractivity contribution in [1.29, 1.82) is 0 Å². The molecule has 2 aromatic rings. The minimum atomic E-state index is 0.770. The zero-order chi connectivity index (χ0) is 13.7. The minimum absolute atomic E-state index is 0.770. The molecule has 2 heteroatoms. The molecule has 0 atom stereocenters. The van der Waals surface area contributed by atoms with Crippen LogP contribution in [0.5, 0.6) is 5.75 Å². The van der Waals surface area contributed by atoms with Crippen molar-refractivity contribution in [3.63, 3.8) is 0 Å². The molecule has 0 N–H and O–H groups in total. The predicted molar refractivity (Wildman–Crippen MR) is 81.8 cm³/mol. The highest BCUT2D eigenvalue weighted by Gasteiger charge is 2.08. The van der Waals surface area contributed by atoms with E-state index in [2.05, 4.69) is 55.8 Å². The highest BCUT2D eigenvalue weighted by Crippen LogP contribution is 2.24. The summed E-state index contributed by atoms with van der Waals surface area (Å²) < 4.78 is 8.06. The van der Waals surface area contributed by atoms with E-state index in [1.165, 1.54) is 23.7 Å². The summed E-state index contributed by atoms with van der Waals surface area (Å²) in [6, 6.07) is 8.61. The topological polar surface area (TPSA) is 14.2 Å². The van der Waals surface area contributed by atoms with Crippen molar-refractivity contribution in [2.45, 2.75) is 46.6 Å². The zero-order valence-corrected chi connectivity index (χ0v) is 12.4. The third-order valence-corrected chi connectivity index (χ3v) is 3.82. The Morgan fingerprint density at radius 1 is 1.11 bits per heavy atom. The Kier molecular flexibility index (Phi) is 4.89. The van der Waals surface area contributed by atoms with E-state index in [9.17, 15) is 0 Å². The molecule has 19 heavy (non-hydrogen) atoms. The van der Waals surface area contributed by atoms with E-state index in [-0.39, 0.29) is 0 Å². The van der Waals surface area contributed by atoms with Crippen molar-refractivity contribution >= 4 is 10.9 Å². The fourth-order valence-corrected chi connectivity index (χ4v) is 2.47. The van der Waals surface area contributed by atoms with Crippen molar-refractivity contribution in [1.82, 2.24) is 4.57 Å². The number of nitrogens with zero attached hydrogens (tertiary/aromatic N) is 1. The summed E-state index contributed by atoms with van der Waals surface area (Å²) in [5.74, 6) is 1.75. The summed E-state index contributed by atoms with van der Waals surface area (Å²) in [6.45, 7) is 8.59. The fraction of sp³-hybridized carbons (Fsp3) is 0.529. The Morgan fingerprint density at radius 3 is 2.58 bits per heavy atom. The summed E-state index contributed by atoms with van der Waals surface area (Å²) in [6.07, 6.45) is 5.74. The van der Waals surface area contributed by atoms with E-state index in [1.54, 1.807) is 0 Å². The third kappa shape index (κ3) is 3.31. The molecule has 0 spiro atoms. The van der Waals surface area contributed by atoms with Crippen LogP contribution in [0.25, 0.3) is 10.9 Å². The first-order valence-electron chi connectivity index (χ1n) is 7.50. The van der Waals surface area contributed by atoms with Gasteiger partial charge in [-0.2, -0.15) is 0 Å². The van der Waals surface area contributed by atoms with Gasteiger partial charge >= 0.3 is 0 Å². The van der Waals surface area contributed by atoms with E-state index in [1.807, 2.05) is 0 Å². The lowest BCUT2D eigenvalue weighted by molar-refractivity contribution is 0.318. The largest absolute Gasteiger partial charge is 0.494 e. The van der Waals surface area contributed by atoms with E-state index in [0.717, 1.165) is 31.2 Å². The molecule has 0 radical (unpaired) electrons. The first-order valence-corrected chi connectivity index (χ1v) is 7.50. The molecule has 1 aromatic carbocycles. The van der Waals surface area contributed by atoms with Gasteiger partial charge in [-0.15, -0.1) is 0 Å². The fourth-order valence-electron chi connectivity index (χ4n) is 2.47. The van der Waals surface area contributed by atoms with E-state index in [4.69, 9.17) is 4.74 Å². The van der Waals surface area contributed by atoms with Crippen LogP contribution in [0, 0.1) is 5.92 Å². The number of hydrogen-bond donors (Lipinski definition) is 0. The molecule has 0 aliphatic carbocycles. The Morgan fingerprint density at radius 2 is 1.89 bits per heavy atom. The van der Waals surface area contributed by atoms with Crippen LogP contribution >= 0.6 is 0 Å². The molecule has 0 fully saturated rings.